The van der Waals surface area contributed by atoms with Crippen molar-refractivity contribution in [3.63, 3.8) is 0 Å². The van der Waals surface area contributed by atoms with E-state index in [1.807, 2.05) is 93.4 Å². The number of anilines is 2. The quantitative estimate of drug-likeness (QED) is 0.0780. The molecule has 426 valence electrons. The minimum Gasteiger partial charge on any atom is -0.508 e. The van der Waals surface area contributed by atoms with Gasteiger partial charge in [0.05, 0.1) is 41.4 Å². The molecule has 3 aromatic heterocycles. The Morgan fingerprint density at radius 3 is 2.46 bits per heavy atom. The predicted molar refractivity (Wildman–Crippen MR) is 308 cm³/mol. The van der Waals surface area contributed by atoms with Gasteiger partial charge < -0.3 is 44.4 Å². The predicted octanol–water partition coefficient (Wildman–Crippen LogP) is 8.01. The van der Waals surface area contributed by atoms with Crippen molar-refractivity contribution in [2.45, 2.75) is 76.6 Å². The van der Waals surface area contributed by atoms with Gasteiger partial charge in [-0.15, -0.1) is 0 Å². The number of phenols is 1. The van der Waals surface area contributed by atoms with E-state index in [9.17, 15) is 29.9 Å². The SMILES string of the molecule is C=CC(=O)N1CCN(c2nc(OCCN3CCC4(CC3)CN(c3cc([C@@H](C(=O)N5C[C@H](O)C[C@H]5C(=O)N[C@@H](C)c5ccc(-c6ccnn6C)cc5)C(C)C)on3)C4)nc3c(F)c(-c4cc(O)cc5ccccc45)c(Cl)cc23)C[C@@H]1CC#N. The van der Waals surface area contributed by atoms with E-state index in [4.69, 9.17) is 25.8 Å². The molecule has 4 aliphatic heterocycles. The van der Waals surface area contributed by atoms with Crippen LogP contribution >= 0.6 is 11.6 Å². The highest BCUT2D eigenvalue weighted by atomic mass is 35.5. The molecule has 1 spiro atoms. The Labute approximate surface area is 479 Å². The molecule has 4 aliphatic rings. The number of phenolic OH excluding ortho intramolecular Hbond substituents is 1. The van der Waals surface area contributed by atoms with E-state index >= 15 is 4.39 Å². The van der Waals surface area contributed by atoms with Crippen LogP contribution in [0.5, 0.6) is 11.8 Å². The first-order chi connectivity index (χ1) is 39.5. The molecule has 4 aromatic carbocycles. The van der Waals surface area contributed by atoms with E-state index < -0.39 is 29.9 Å². The van der Waals surface area contributed by atoms with E-state index in [0.29, 0.717) is 52.2 Å². The molecule has 3 N–H and O–H groups in total. The van der Waals surface area contributed by atoms with Crippen molar-refractivity contribution in [1.29, 1.82) is 5.26 Å². The number of β-amino-alcohol motifs (C(OH)–C–C–N with tert-alkyl or cyclic N) is 1. The summed E-state index contributed by atoms with van der Waals surface area (Å²) in [6.07, 6.45) is 4.17. The first kappa shape index (κ1) is 55.8. The Hall–Kier alpha value is -8.12. The molecule has 0 radical (unpaired) electrons. The minimum absolute atomic E-state index is 0.0285. The molecule has 3 amide bonds. The molecular weight excluding hydrogens is 1070 g/mol. The number of aliphatic hydroxyl groups excluding tert-OH is 1. The highest BCUT2D eigenvalue weighted by Gasteiger charge is 2.47. The number of piperidine rings is 1. The number of amides is 3. The zero-order chi connectivity index (χ0) is 57.6. The third-order valence-electron chi connectivity index (χ3n) is 17.0. The number of hydrogen-bond donors (Lipinski definition) is 3. The van der Waals surface area contributed by atoms with E-state index in [0.717, 1.165) is 55.8 Å². The smallest absolute Gasteiger partial charge is 0.319 e. The molecule has 5 atom stereocenters. The standard InChI is InChI=1S/C61H66ClFN12O7/c1-6-52(78)74-24-23-72(32-41(74)15-19-64)57-46-30-47(62)54(45-28-42(76)27-40-9-7-8-10-44(40)45)55(63)56(46)67-60(68-57)81-26-25-71-21-17-61(18-22-71)34-73(35-61)51-31-50(82-69-51)53(36(2)3)59(80)75-33-43(77)29-49(75)58(79)66-37(4)38-11-13-39(14-12-38)48-16-20-65-70(48)5/h6-14,16,20,27-28,30-31,36-37,41,43,49,53,76-77H,1,15,17-18,21-26,29,32-35H2,2-5H3,(H,66,79)/t37-,41-,43+,49-,53-/m0/s1. The minimum atomic E-state index is -0.855. The molecule has 0 saturated carbocycles. The Bertz CT molecular complexity index is 3610. The molecule has 7 heterocycles. The number of carbonyl (C=O) groups is 3. The summed E-state index contributed by atoms with van der Waals surface area (Å²) in [4.78, 5) is 60.2. The Balaban J connectivity index is 0.729. The second-order valence-electron chi connectivity index (χ2n) is 22.6. The normalized spacial score (nSPS) is 19.8. The van der Waals surface area contributed by atoms with Crippen molar-refractivity contribution in [3.05, 3.63) is 120 Å². The zero-order valence-electron chi connectivity index (χ0n) is 46.3. The molecule has 4 fully saturated rings. The maximum absolute atomic E-state index is 17.3. The van der Waals surface area contributed by atoms with Crippen molar-refractivity contribution >= 4 is 62.6 Å². The fourth-order valence-electron chi connectivity index (χ4n) is 12.5. The van der Waals surface area contributed by atoms with Gasteiger partial charge >= 0.3 is 6.01 Å². The molecular formula is C61H66ClFN12O7. The van der Waals surface area contributed by atoms with Crippen molar-refractivity contribution in [2.24, 2.45) is 18.4 Å². The number of piperazine rings is 1. The number of nitrogens with zero attached hydrogens (tertiary/aromatic N) is 11. The summed E-state index contributed by atoms with van der Waals surface area (Å²) in [6, 6.07) is 24.2. The number of rotatable bonds is 16. The van der Waals surface area contributed by atoms with E-state index in [1.165, 1.54) is 17.0 Å². The summed E-state index contributed by atoms with van der Waals surface area (Å²) in [5, 5.41) is 44.9. The fraction of sp³-hybridized carbons (Fsp3) is 0.410. The van der Waals surface area contributed by atoms with Gasteiger partial charge in [0.15, 0.2) is 17.4 Å². The molecule has 82 heavy (non-hydrogen) atoms. The van der Waals surface area contributed by atoms with Gasteiger partial charge in [0.2, 0.25) is 17.7 Å². The number of likely N-dealkylation sites (tertiary alicyclic amines) is 2. The number of nitrogens with one attached hydrogen (secondary N) is 1. The van der Waals surface area contributed by atoms with Crippen LogP contribution < -0.4 is 19.9 Å². The van der Waals surface area contributed by atoms with E-state index in [2.05, 4.69) is 43.0 Å². The summed E-state index contributed by atoms with van der Waals surface area (Å²) in [5.74, 6) is -1.17. The Kier molecular flexibility index (Phi) is 15.7. The average Bonchev–Trinajstić information content (AvgIpc) is 3.15. The molecule has 11 rings (SSSR count). The first-order valence-corrected chi connectivity index (χ1v) is 28.3. The van der Waals surface area contributed by atoms with Crippen LogP contribution in [-0.4, -0.2) is 151 Å². The number of halogens is 2. The fourth-order valence-corrected chi connectivity index (χ4v) is 12.8. The second kappa shape index (κ2) is 23.0. The molecule has 0 aliphatic carbocycles. The molecule has 19 nitrogen and oxygen atoms in total. The van der Waals surface area contributed by atoms with Crippen LogP contribution in [0.25, 0.3) is 44.1 Å². The van der Waals surface area contributed by atoms with Gasteiger partial charge in [0.1, 0.15) is 35.7 Å². The van der Waals surface area contributed by atoms with Crippen molar-refractivity contribution in [2.75, 3.05) is 75.3 Å². The number of benzene rings is 4. The lowest BCUT2D eigenvalue weighted by molar-refractivity contribution is -0.141. The van der Waals surface area contributed by atoms with Gasteiger partial charge in [-0.1, -0.05) is 85.7 Å². The van der Waals surface area contributed by atoms with Crippen molar-refractivity contribution in [3.8, 4) is 40.2 Å². The highest BCUT2D eigenvalue weighted by molar-refractivity contribution is 6.35. The summed E-state index contributed by atoms with van der Waals surface area (Å²) in [7, 11) is 1.88. The largest absolute Gasteiger partial charge is 0.508 e. The van der Waals surface area contributed by atoms with Crippen LogP contribution in [0.3, 0.4) is 0 Å². The van der Waals surface area contributed by atoms with Crippen LogP contribution in [0.2, 0.25) is 5.02 Å². The number of fused-ring (bicyclic) bond motifs is 2. The topological polar surface area (TPSA) is 223 Å². The number of aryl methyl sites for hydroxylation is 1. The zero-order valence-corrected chi connectivity index (χ0v) is 47.1. The van der Waals surface area contributed by atoms with Gasteiger partial charge in [-0.2, -0.15) is 20.3 Å². The number of nitriles is 1. The summed E-state index contributed by atoms with van der Waals surface area (Å²) >= 11 is 6.98. The highest BCUT2D eigenvalue weighted by Crippen LogP contribution is 2.45. The second-order valence-corrected chi connectivity index (χ2v) is 23.0. The number of aliphatic hydroxyl groups is 1. The van der Waals surface area contributed by atoms with Crippen LogP contribution in [-0.2, 0) is 21.4 Å². The first-order valence-electron chi connectivity index (χ1n) is 27.9. The van der Waals surface area contributed by atoms with Crippen LogP contribution in [0.1, 0.15) is 69.7 Å². The van der Waals surface area contributed by atoms with Crippen molar-refractivity contribution < 1.29 is 38.2 Å². The van der Waals surface area contributed by atoms with Gasteiger partial charge in [0.25, 0.3) is 0 Å². The summed E-state index contributed by atoms with van der Waals surface area (Å²) < 4.78 is 31.3. The molecule has 0 bridgehead atoms. The molecule has 21 heteroatoms. The number of aromatic hydroxyl groups is 1. The van der Waals surface area contributed by atoms with Gasteiger partial charge in [-0.05, 0) is 96.6 Å². The van der Waals surface area contributed by atoms with E-state index in [1.54, 1.807) is 27.9 Å². The maximum Gasteiger partial charge on any atom is 0.319 e. The molecule has 7 aromatic rings. The van der Waals surface area contributed by atoms with Crippen LogP contribution in [0, 0.1) is 28.5 Å². The summed E-state index contributed by atoms with van der Waals surface area (Å²) in [5.41, 5.74) is 3.37. The van der Waals surface area contributed by atoms with Gasteiger partial charge in [-0.25, -0.2) is 4.39 Å². The monoisotopic (exact) mass is 1130 g/mol. The lowest BCUT2D eigenvalue weighted by Gasteiger charge is -2.54. The number of ether oxygens (including phenoxy) is 1. The third kappa shape index (κ3) is 10.9. The maximum atomic E-state index is 17.3. The lowest BCUT2D eigenvalue weighted by Crippen LogP contribution is -2.60. The van der Waals surface area contributed by atoms with Crippen LogP contribution in [0.15, 0.2) is 102 Å². The van der Waals surface area contributed by atoms with E-state index in [-0.39, 0.29) is 102 Å². The lowest BCUT2D eigenvalue weighted by atomic mass is 9.72. The van der Waals surface area contributed by atoms with Crippen LogP contribution in [0.4, 0.5) is 16.0 Å². The van der Waals surface area contributed by atoms with Gasteiger partial charge in [0, 0.05) is 87.9 Å². The number of hydrogen-bond acceptors (Lipinski definition) is 15. The van der Waals surface area contributed by atoms with Crippen molar-refractivity contribution in [1.82, 2.24) is 44.9 Å². The molecule has 4 saturated heterocycles. The number of carbonyl (C=O) groups excluding carboxylic acids is 3. The summed E-state index contributed by atoms with van der Waals surface area (Å²) in [6.45, 7) is 14.2. The average molecular weight is 1130 g/mol. The Morgan fingerprint density at radius 2 is 1.74 bits per heavy atom. The Morgan fingerprint density at radius 1 is 0.976 bits per heavy atom. The number of aromatic nitrogens is 5. The third-order valence-corrected chi connectivity index (χ3v) is 17.3. The van der Waals surface area contributed by atoms with Gasteiger partial charge in [-0.3, -0.25) is 24.0 Å². The molecule has 0 unspecified atom stereocenters.